The summed E-state index contributed by atoms with van der Waals surface area (Å²) in [7, 11) is 0. The average molecular weight is 434 g/mol. The van der Waals surface area contributed by atoms with Crippen LogP contribution in [0.4, 0.5) is 5.69 Å². The molecule has 0 unspecified atom stereocenters. The Kier molecular flexibility index (Phi) is 9.75. The molecule has 0 saturated carbocycles. The third-order valence-electron chi connectivity index (χ3n) is 5.97. The van der Waals surface area contributed by atoms with Gasteiger partial charge in [-0.15, -0.1) is 4.91 Å². The van der Waals surface area contributed by atoms with Crippen molar-refractivity contribution in [1.29, 1.82) is 0 Å². The summed E-state index contributed by atoms with van der Waals surface area (Å²) in [6.07, 6.45) is 0. The van der Waals surface area contributed by atoms with Gasteiger partial charge in [-0.2, -0.15) is 0 Å². The number of hydrogen-bond acceptors (Lipinski definition) is 10. The van der Waals surface area contributed by atoms with E-state index in [0.29, 0.717) is 12.2 Å². The zero-order chi connectivity index (χ0) is 21.8. The smallest absolute Gasteiger partial charge is 0.108 e. The van der Waals surface area contributed by atoms with Crippen molar-refractivity contribution < 1.29 is 0 Å². The minimum atomic E-state index is -0.311. The number of nitroso groups, excluding NO2 is 1. The Bertz CT molecular complexity index is 611. The molecule has 10 nitrogen and oxygen atoms in total. The molecule has 0 atom stereocenters. The molecule has 174 valence electrons. The summed E-state index contributed by atoms with van der Waals surface area (Å²) < 4.78 is 0. The van der Waals surface area contributed by atoms with Crippen LogP contribution < -0.4 is 43.0 Å². The molecule has 9 N–H and O–H groups in total. The first-order valence-corrected chi connectivity index (χ1v) is 11.3. The molecule has 3 saturated heterocycles. The predicted octanol–water partition coefficient (Wildman–Crippen LogP) is -1.82. The van der Waals surface area contributed by atoms with Gasteiger partial charge in [0.2, 0.25) is 0 Å². The molecule has 10 heteroatoms. The molecule has 0 spiro atoms. The molecule has 0 amide bonds. The number of fused-ring (bicyclic) bond motifs is 15. The maximum Gasteiger partial charge on any atom is 0.108 e. The molecule has 1 aromatic rings. The Balaban J connectivity index is 1.70. The monoisotopic (exact) mass is 433 g/mol. The van der Waals surface area contributed by atoms with Crippen LogP contribution in [0.5, 0.6) is 0 Å². The van der Waals surface area contributed by atoms with Crippen LogP contribution >= 0.6 is 0 Å². The van der Waals surface area contributed by atoms with Gasteiger partial charge >= 0.3 is 0 Å². The lowest BCUT2D eigenvalue weighted by Crippen LogP contribution is -2.66. The topological polar surface area (TPSA) is 140 Å². The van der Waals surface area contributed by atoms with Crippen LogP contribution in [-0.2, 0) is 6.54 Å². The van der Waals surface area contributed by atoms with E-state index in [1.165, 1.54) is 0 Å². The van der Waals surface area contributed by atoms with Crippen LogP contribution in [-0.4, -0.2) is 89.6 Å². The molecule has 1 aromatic carbocycles. The summed E-state index contributed by atoms with van der Waals surface area (Å²) >= 11 is 0. The van der Waals surface area contributed by atoms with E-state index in [9.17, 15) is 4.91 Å². The highest BCUT2D eigenvalue weighted by Gasteiger charge is 2.30. The van der Waals surface area contributed by atoms with E-state index in [2.05, 4.69) is 42.4 Å². The highest BCUT2D eigenvalue weighted by atomic mass is 16.3. The fourth-order valence-corrected chi connectivity index (χ4v) is 4.05. The van der Waals surface area contributed by atoms with E-state index in [1.54, 1.807) is 12.1 Å². The Morgan fingerprint density at radius 3 is 1.58 bits per heavy atom. The quantitative estimate of drug-likeness (QED) is 0.258. The van der Waals surface area contributed by atoms with Crippen molar-refractivity contribution in [1.82, 2.24) is 37.2 Å². The molecule has 3 aliphatic heterocycles. The Labute approximate surface area is 185 Å². The minimum Gasteiger partial charge on any atom is -0.322 e. The fraction of sp³-hybridized carbons (Fsp3) is 0.714. The molecular formula is C21H39N9O. The number of hydrogen-bond donors (Lipinski definition) is 8. The molecule has 0 aromatic heterocycles. The zero-order valence-electron chi connectivity index (χ0n) is 18.4. The minimum absolute atomic E-state index is 0.159. The number of nitrogens with zero attached hydrogens (tertiary/aromatic N) is 1. The Morgan fingerprint density at radius 2 is 1.16 bits per heavy atom. The second-order valence-electron chi connectivity index (χ2n) is 8.81. The summed E-state index contributed by atoms with van der Waals surface area (Å²) in [6, 6.07) is 7.44. The van der Waals surface area contributed by atoms with E-state index in [0.717, 1.165) is 84.1 Å². The summed E-state index contributed by atoms with van der Waals surface area (Å²) in [5.74, 6) is 0. The Hall–Kier alpha value is -1.50. The van der Waals surface area contributed by atoms with Gasteiger partial charge in [-0.3, -0.25) is 0 Å². The highest BCUT2D eigenvalue weighted by Crippen LogP contribution is 2.13. The van der Waals surface area contributed by atoms with Gasteiger partial charge in [0.15, 0.2) is 0 Å². The third-order valence-corrected chi connectivity index (χ3v) is 5.97. The van der Waals surface area contributed by atoms with Gasteiger partial charge in [-0.1, -0.05) is 12.1 Å². The lowest BCUT2D eigenvalue weighted by atomic mass is 9.97. The zero-order valence-corrected chi connectivity index (χ0v) is 18.4. The average Bonchev–Trinajstić information content (AvgIpc) is 2.79. The molecule has 0 radical (unpaired) electrons. The molecule has 2 bridgehead atoms. The van der Waals surface area contributed by atoms with Crippen LogP contribution in [0, 0.1) is 4.91 Å². The normalized spacial score (nSPS) is 29.7. The van der Waals surface area contributed by atoms with Gasteiger partial charge in [0.1, 0.15) is 5.69 Å². The van der Waals surface area contributed by atoms with E-state index in [1.807, 2.05) is 12.1 Å². The van der Waals surface area contributed by atoms with Crippen molar-refractivity contribution >= 4 is 5.69 Å². The maximum absolute atomic E-state index is 10.7. The van der Waals surface area contributed by atoms with Gasteiger partial charge in [-0.25, -0.2) is 0 Å². The first kappa shape index (κ1) is 24.1. The van der Waals surface area contributed by atoms with E-state index in [-0.39, 0.29) is 11.1 Å². The largest absolute Gasteiger partial charge is 0.322 e. The van der Waals surface area contributed by atoms with Crippen LogP contribution in [0.3, 0.4) is 0 Å². The van der Waals surface area contributed by atoms with Crippen molar-refractivity contribution in [2.75, 3.05) is 78.5 Å². The van der Waals surface area contributed by atoms with Crippen molar-refractivity contribution in [3.63, 3.8) is 0 Å². The standard InChI is InChI=1S/C21H39N9O/c22-20-12-23-5-8-26-15-21(16-27-9-6-24-13-20,17-28-10-7-25-14-20)29-11-18-1-3-19(30-31)4-2-18/h1-4,23-29H,5-17,22H2. The second kappa shape index (κ2) is 12.5. The Morgan fingerprint density at radius 1 is 0.742 bits per heavy atom. The van der Waals surface area contributed by atoms with Crippen molar-refractivity contribution in [3.8, 4) is 0 Å². The van der Waals surface area contributed by atoms with E-state index >= 15 is 0 Å². The van der Waals surface area contributed by atoms with Gasteiger partial charge in [0.25, 0.3) is 0 Å². The fourth-order valence-electron chi connectivity index (χ4n) is 4.05. The maximum atomic E-state index is 10.7. The van der Waals surface area contributed by atoms with Gasteiger partial charge in [0.05, 0.1) is 11.1 Å². The first-order chi connectivity index (χ1) is 15.1. The van der Waals surface area contributed by atoms with Gasteiger partial charge in [-0.05, 0) is 22.9 Å². The second-order valence-corrected chi connectivity index (χ2v) is 8.81. The molecule has 4 rings (SSSR count). The molecule has 3 aliphatic rings. The SMILES string of the molecule is NC12CNCCNCC(NCc3ccc(N=O)cc3)(CNCCNC1)CNCCNC2. The summed E-state index contributed by atoms with van der Waals surface area (Å²) in [5, 5.41) is 28.2. The first-order valence-electron chi connectivity index (χ1n) is 11.3. The molecule has 31 heavy (non-hydrogen) atoms. The lowest BCUT2D eigenvalue weighted by Gasteiger charge is -2.37. The summed E-state index contributed by atoms with van der Waals surface area (Å²) in [4.78, 5) is 10.7. The third kappa shape index (κ3) is 8.17. The lowest BCUT2D eigenvalue weighted by molar-refractivity contribution is 0.269. The highest BCUT2D eigenvalue weighted by molar-refractivity contribution is 5.38. The number of nitrogens with one attached hydrogen (secondary N) is 7. The van der Waals surface area contributed by atoms with Gasteiger partial charge < -0.3 is 43.0 Å². The predicted molar refractivity (Wildman–Crippen MR) is 126 cm³/mol. The molecule has 3 fully saturated rings. The van der Waals surface area contributed by atoms with E-state index in [4.69, 9.17) is 5.73 Å². The van der Waals surface area contributed by atoms with Crippen molar-refractivity contribution in [2.24, 2.45) is 10.9 Å². The number of benzene rings is 1. The molecule has 0 aliphatic carbocycles. The number of nitrogens with two attached hydrogens (primary N) is 1. The van der Waals surface area contributed by atoms with Crippen LogP contribution in [0.1, 0.15) is 5.56 Å². The van der Waals surface area contributed by atoms with E-state index < -0.39 is 0 Å². The number of rotatable bonds is 4. The molecular weight excluding hydrogens is 394 g/mol. The summed E-state index contributed by atoms with van der Waals surface area (Å²) in [6.45, 7) is 10.8. The van der Waals surface area contributed by atoms with Crippen LogP contribution in [0.2, 0.25) is 0 Å². The van der Waals surface area contributed by atoms with Crippen LogP contribution in [0.15, 0.2) is 29.4 Å². The molecule has 3 heterocycles. The van der Waals surface area contributed by atoms with Crippen molar-refractivity contribution in [2.45, 2.75) is 17.6 Å². The van der Waals surface area contributed by atoms with Gasteiger partial charge in [0, 0.05) is 85.1 Å². The van der Waals surface area contributed by atoms with Crippen molar-refractivity contribution in [3.05, 3.63) is 34.7 Å². The summed E-state index contributed by atoms with van der Waals surface area (Å²) in [5.41, 5.74) is 7.77. The van der Waals surface area contributed by atoms with Crippen LogP contribution in [0.25, 0.3) is 0 Å².